The van der Waals surface area contributed by atoms with Gasteiger partial charge in [-0.1, -0.05) is 17.7 Å². The molecule has 0 saturated carbocycles. The van der Waals surface area contributed by atoms with Crippen molar-refractivity contribution in [3.63, 3.8) is 0 Å². The van der Waals surface area contributed by atoms with E-state index in [2.05, 4.69) is 10.2 Å². The van der Waals surface area contributed by atoms with Crippen LogP contribution in [0.5, 0.6) is 11.5 Å². The molecule has 2 amide bonds. The first-order valence-corrected chi connectivity index (χ1v) is 9.93. The predicted molar refractivity (Wildman–Crippen MR) is 109 cm³/mol. The van der Waals surface area contributed by atoms with Crippen LogP contribution in [0.2, 0.25) is 5.02 Å². The van der Waals surface area contributed by atoms with Gasteiger partial charge in [-0.3, -0.25) is 14.5 Å². The normalized spacial score (nSPS) is 16.0. The van der Waals surface area contributed by atoms with Gasteiger partial charge in [0.05, 0.1) is 0 Å². The van der Waals surface area contributed by atoms with Crippen LogP contribution in [0.4, 0.5) is 0 Å². The molecule has 0 bridgehead atoms. The second-order valence-corrected chi connectivity index (χ2v) is 7.40. The molecule has 1 saturated heterocycles. The fourth-order valence-corrected chi connectivity index (χ4v) is 3.64. The predicted octanol–water partition coefficient (Wildman–Crippen LogP) is 2.26. The van der Waals surface area contributed by atoms with Crippen LogP contribution in [0.3, 0.4) is 0 Å². The van der Waals surface area contributed by atoms with Gasteiger partial charge < -0.3 is 19.7 Å². The first-order chi connectivity index (χ1) is 14.1. The molecule has 2 aliphatic heterocycles. The Labute approximate surface area is 174 Å². The van der Waals surface area contributed by atoms with Crippen molar-refractivity contribution in [1.82, 2.24) is 15.1 Å². The van der Waals surface area contributed by atoms with Gasteiger partial charge in [0, 0.05) is 55.4 Å². The number of rotatable bonds is 5. The first-order valence-electron chi connectivity index (χ1n) is 9.55. The molecule has 1 fully saturated rings. The minimum absolute atomic E-state index is 0.00302. The number of carbonyl (C=O) groups is 2. The molecule has 4 rings (SSSR count). The molecule has 2 heterocycles. The number of halogens is 1. The summed E-state index contributed by atoms with van der Waals surface area (Å²) in [5.41, 5.74) is 1.16. The Morgan fingerprint density at radius 1 is 0.966 bits per heavy atom. The zero-order valence-corrected chi connectivity index (χ0v) is 16.7. The Balaban J connectivity index is 1.21. The molecule has 152 valence electrons. The summed E-state index contributed by atoms with van der Waals surface area (Å²) in [7, 11) is 0. The average Bonchev–Trinajstić information content (AvgIpc) is 3.21. The third-order valence-corrected chi connectivity index (χ3v) is 5.31. The summed E-state index contributed by atoms with van der Waals surface area (Å²) in [4.78, 5) is 29.0. The third-order valence-electron chi connectivity index (χ3n) is 5.08. The Morgan fingerprint density at radius 2 is 1.76 bits per heavy atom. The summed E-state index contributed by atoms with van der Waals surface area (Å²) in [6.45, 7) is 4.30. The van der Waals surface area contributed by atoms with Gasteiger partial charge in [0.1, 0.15) is 0 Å². The minimum atomic E-state index is -0.141. The highest BCUT2D eigenvalue weighted by atomic mass is 35.5. The molecular weight excluding hydrogens is 394 g/mol. The molecule has 2 aromatic carbocycles. The summed E-state index contributed by atoms with van der Waals surface area (Å²) in [6.07, 6.45) is 0. The van der Waals surface area contributed by atoms with Gasteiger partial charge in [-0.05, 0) is 36.4 Å². The maximum absolute atomic E-state index is 12.6. The molecule has 2 aliphatic rings. The van der Waals surface area contributed by atoms with Crippen molar-refractivity contribution in [2.24, 2.45) is 0 Å². The second-order valence-electron chi connectivity index (χ2n) is 6.97. The van der Waals surface area contributed by atoms with E-state index in [1.165, 1.54) is 0 Å². The fraction of sp³-hybridized carbons (Fsp3) is 0.333. The summed E-state index contributed by atoms with van der Waals surface area (Å²) in [5.74, 6) is 1.12. The van der Waals surface area contributed by atoms with Crippen molar-refractivity contribution in [2.75, 3.05) is 46.1 Å². The van der Waals surface area contributed by atoms with Crippen molar-refractivity contribution in [3.8, 4) is 11.5 Å². The topological polar surface area (TPSA) is 71.1 Å². The highest BCUT2D eigenvalue weighted by molar-refractivity contribution is 6.30. The molecule has 8 heteroatoms. The Kier molecular flexibility index (Phi) is 5.87. The van der Waals surface area contributed by atoms with Crippen LogP contribution in [0, 0.1) is 0 Å². The van der Waals surface area contributed by atoms with E-state index >= 15 is 0 Å². The molecule has 0 atom stereocenters. The molecule has 29 heavy (non-hydrogen) atoms. The molecule has 0 unspecified atom stereocenters. The summed E-state index contributed by atoms with van der Waals surface area (Å²) in [5, 5.41) is 3.49. The number of hydrogen-bond acceptors (Lipinski definition) is 5. The SMILES string of the molecule is O=C(NCCN1CCN(C(=O)c2cccc(Cl)c2)CC1)c1ccc2c(c1)OCO2. The number of fused-ring (bicyclic) bond motifs is 1. The van der Waals surface area contributed by atoms with E-state index in [-0.39, 0.29) is 18.6 Å². The second kappa shape index (κ2) is 8.71. The van der Waals surface area contributed by atoms with Crippen molar-refractivity contribution in [2.45, 2.75) is 0 Å². The first kappa shape index (κ1) is 19.5. The summed E-state index contributed by atoms with van der Waals surface area (Å²) < 4.78 is 10.6. The van der Waals surface area contributed by atoms with Gasteiger partial charge in [-0.25, -0.2) is 0 Å². The van der Waals surface area contributed by atoms with Gasteiger partial charge in [0.25, 0.3) is 11.8 Å². The zero-order valence-electron chi connectivity index (χ0n) is 15.9. The third kappa shape index (κ3) is 4.63. The number of benzene rings is 2. The van der Waals surface area contributed by atoms with Crippen LogP contribution < -0.4 is 14.8 Å². The molecule has 0 radical (unpaired) electrons. The van der Waals surface area contributed by atoms with Crippen LogP contribution >= 0.6 is 11.6 Å². The molecule has 0 spiro atoms. The molecule has 2 aromatic rings. The van der Waals surface area contributed by atoms with Crippen LogP contribution in [0.1, 0.15) is 20.7 Å². The lowest BCUT2D eigenvalue weighted by molar-refractivity contribution is 0.0638. The molecule has 7 nitrogen and oxygen atoms in total. The number of ether oxygens (including phenoxy) is 2. The molecular formula is C21H22ClN3O4. The monoisotopic (exact) mass is 415 g/mol. The number of nitrogens with zero attached hydrogens (tertiary/aromatic N) is 2. The smallest absolute Gasteiger partial charge is 0.253 e. The van der Waals surface area contributed by atoms with Crippen LogP contribution in [0.25, 0.3) is 0 Å². The zero-order chi connectivity index (χ0) is 20.2. The lowest BCUT2D eigenvalue weighted by atomic mass is 10.2. The maximum Gasteiger partial charge on any atom is 0.253 e. The van der Waals surface area contributed by atoms with Gasteiger partial charge in [0.15, 0.2) is 11.5 Å². The number of carbonyl (C=O) groups excluding carboxylic acids is 2. The van der Waals surface area contributed by atoms with E-state index < -0.39 is 0 Å². The van der Waals surface area contributed by atoms with Gasteiger partial charge >= 0.3 is 0 Å². The van der Waals surface area contributed by atoms with Gasteiger partial charge in [-0.15, -0.1) is 0 Å². The van der Waals surface area contributed by atoms with Gasteiger partial charge in [-0.2, -0.15) is 0 Å². The van der Waals surface area contributed by atoms with Crippen LogP contribution in [0.15, 0.2) is 42.5 Å². The highest BCUT2D eigenvalue weighted by Gasteiger charge is 2.22. The van der Waals surface area contributed by atoms with Crippen LogP contribution in [-0.2, 0) is 0 Å². The van der Waals surface area contributed by atoms with Crippen molar-refractivity contribution in [3.05, 3.63) is 58.6 Å². The lowest BCUT2D eigenvalue weighted by Crippen LogP contribution is -2.50. The number of hydrogen-bond donors (Lipinski definition) is 1. The van der Waals surface area contributed by atoms with Crippen LogP contribution in [-0.4, -0.2) is 67.7 Å². The largest absolute Gasteiger partial charge is 0.454 e. The Morgan fingerprint density at radius 3 is 2.55 bits per heavy atom. The van der Waals surface area contributed by atoms with E-state index in [1.807, 2.05) is 4.90 Å². The summed E-state index contributed by atoms with van der Waals surface area (Å²) >= 11 is 5.98. The van der Waals surface area contributed by atoms with E-state index in [1.54, 1.807) is 42.5 Å². The quantitative estimate of drug-likeness (QED) is 0.811. The van der Waals surface area contributed by atoms with Gasteiger partial charge in [0.2, 0.25) is 6.79 Å². The maximum atomic E-state index is 12.6. The highest BCUT2D eigenvalue weighted by Crippen LogP contribution is 2.32. The number of piperazine rings is 1. The van der Waals surface area contributed by atoms with E-state index in [4.69, 9.17) is 21.1 Å². The summed E-state index contributed by atoms with van der Waals surface area (Å²) in [6, 6.07) is 12.2. The van der Waals surface area contributed by atoms with E-state index in [0.717, 1.165) is 19.6 Å². The standard InChI is InChI=1S/C21H22ClN3O4/c22-17-3-1-2-16(12-17)21(27)25-10-8-24(9-11-25)7-6-23-20(26)15-4-5-18-19(13-15)29-14-28-18/h1-5,12-13H,6-11,14H2,(H,23,26). The van der Waals surface area contributed by atoms with E-state index in [9.17, 15) is 9.59 Å². The number of amides is 2. The van der Waals surface area contributed by atoms with Crippen molar-refractivity contribution >= 4 is 23.4 Å². The lowest BCUT2D eigenvalue weighted by Gasteiger charge is -2.34. The Hall–Kier alpha value is -2.77. The van der Waals surface area contributed by atoms with E-state index in [0.29, 0.717) is 47.3 Å². The molecule has 1 N–H and O–H groups in total. The number of nitrogens with one attached hydrogen (secondary N) is 1. The molecule has 0 aromatic heterocycles. The Bertz CT molecular complexity index is 913. The fourth-order valence-electron chi connectivity index (χ4n) is 3.45. The average molecular weight is 416 g/mol. The van der Waals surface area contributed by atoms with Crippen molar-refractivity contribution < 1.29 is 19.1 Å². The minimum Gasteiger partial charge on any atom is -0.454 e. The molecule has 0 aliphatic carbocycles. The van der Waals surface area contributed by atoms with Crippen molar-refractivity contribution in [1.29, 1.82) is 0 Å².